The Kier molecular flexibility index (Phi) is 2.99. The zero-order chi connectivity index (χ0) is 13.4. The highest BCUT2D eigenvalue weighted by Crippen LogP contribution is 2.30. The van der Waals surface area contributed by atoms with Crippen LogP contribution in [0.3, 0.4) is 0 Å². The molecule has 1 aliphatic rings. The molecule has 2 aromatic rings. The van der Waals surface area contributed by atoms with Crippen LogP contribution in [0.1, 0.15) is 27.9 Å². The number of hydrogen-bond donors (Lipinski definition) is 1. The van der Waals surface area contributed by atoms with Crippen molar-refractivity contribution >= 4 is 5.82 Å². The number of anilines is 1. The Labute approximate surface area is 113 Å². The summed E-state index contributed by atoms with van der Waals surface area (Å²) in [5.41, 5.74) is 5.76. The molecule has 98 valence electrons. The Hall–Kier alpha value is -1.87. The van der Waals surface area contributed by atoms with Gasteiger partial charge in [-0.2, -0.15) is 0 Å². The molecule has 0 amide bonds. The molecule has 1 N–H and O–H groups in total. The molecule has 0 saturated carbocycles. The third-order valence-corrected chi connectivity index (χ3v) is 3.75. The number of aromatic nitrogens is 1. The van der Waals surface area contributed by atoms with E-state index in [2.05, 4.69) is 34.1 Å². The summed E-state index contributed by atoms with van der Waals surface area (Å²) in [6.07, 6.45) is 0. The van der Waals surface area contributed by atoms with E-state index in [9.17, 15) is 5.11 Å². The maximum atomic E-state index is 9.60. The quantitative estimate of drug-likeness (QED) is 0.895. The van der Waals surface area contributed by atoms with Crippen LogP contribution in [0.5, 0.6) is 0 Å². The van der Waals surface area contributed by atoms with E-state index in [1.54, 1.807) is 0 Å². The van der Waals surface area contributed by atoms with Crippen molar-refractivity contribution in [2.45, 2.75) is 33.5 Å². The average Bonchev–Trinajstić information content (AvgIpc) is 2.81. The molecule has 19 heavy (non-hydrogen) atoms. The van der Waals surface area contributed by atoms with Gasteiger partial charge in [-0.3, -0.25) is 0 Å². The molecule has 3 rings (SSSR count). The van der Waals surface area contributed by atoms with E-state index in [0.717, 1.165) is 35.7 Å². The molecule has 0 spiro atoms. The van der Waals surface area contributed by atoms with Crippen molar-refractivity contribution < 1.29 is 5.11 Å². The van der Waals surface area contributed by atoms with Gasteiger partial charge in [0.15, 0.2) is 0 Å². The van der Waals surface area contributed by atoms with Gasteiger partial charge in [0.2, 0.25) is 0 Å². The van der Waals surface area contributed by atoms with Crippen LogP contribution in [-0.4, -0.2) is 10.1 Å². The van der Waals surface area contributed by atoms with E-state index in [1.807, 2.05) is 19.9 Å². The molecular formula is C16H18N2O. The van der Waals surface area contributed by atoms with E-state index >= 15 is 0 Å². The van der Waals surface area contributed by atoms with Crippen LogP contribution in [0, 0.1) is 13.8 Å². The van der Waals surface area contributed by atoms with Crippen LogP contribution < -0.4 is 4.90 Å². The molecule has 0 radical (unpaired) electrons. The number of aryl methyl sites for hydroxylation is 2. The van der Waals surface area contributed by atoms with Crippen LogP contribution in [0.25, 0.3) is 0 Å². The number of rotatable bonds is 2. The van der Waals surface area contributed by atoms with E-state index in [4.69, 9.17) is 0 Å². The molecule has 0 bridgehead atoms. The molecular weight excluding hydrogens is 236 g/mol. The summed E-state index contributed by atoms with van der Waals surface area (Å²) in [4.78, 5) is 6.88. The number of nitrogens with zero attached hydrogens (tertiary/aromatic N) is 2. The summed E-state index contributed by atoms with van der Waals surface area (Å²) in [5, 5.41) is 9.60. The summed E-state index contributed by atoms with van der Waals surface area (Å²) in [5.74, 6) is 0.927. The number of fused-ring (bicyclic) bond motifs is 1. The van der Waals surface area contributed by atoms with Gasteiger partial charge in [-0.25, -0.2) is 4.98 Å². The van der Waals surface area contributed by atoms with Crippen molar-refractivity contribution in [1.82, 2.24) is 4.98 Å². The van der Waals surface area contributed by atoms with E-state index in [0.29, 0.717) is 0 Å². The third-order valence-electron chi connectivity index (χ3n) is 3.75. The first kappa shape index (κ1) is 12.2. The minimum Gasteiger partial charge on any atom is -0.392 e. The largest absolute Gasteiger partial charge is 0.392 e. The van der Waals surface area contributed by atoms with Crippen molar-refractivity contribution in [3.8, 4) is 0 Å². The fourth-order valence-electron chi connectivity index (χ4n) is 2.78. The first-order valence-electron chi connectivity index (χ1n) is 6.58. The number of pyridine rings is 1. The predicted octanol–water partition coefficient (Wildman–Crippen LogP) is 2.71. The van der Waals surface area contributed by atoms with Gasteiger partial charge in [-0.15, -0.1) is 0 Å². The highest BCUT2D eigenvalue weighted by atomic mass is 16.3. The molecule has 1 aromatic carbocycles. The van der Waals surface area contributed by atoms with Gasteiger partial charge < -0.3 is 10.0 Å². The number of hydrogen-bond acceptors (Lipinski definition) is 3. The standard InChI is InChI=1S/C16H18N2O/c1-11-7-12(2)17-16(15(11)10-19)18-8-13-5-3-4-6-14(13)9-18/h3-7,19H,8-10H2,1-2H3. The van der Waals surface area contributed by atoms with Crippen LogP contribution in [-0.2, 0) is 19.7 Å². The maximum absolute atomic E-state index is 9.60. The van der Waals surface area contributed by atoms with Gasteiger partial charge in [0.25, 0.3) is 0 Å². The Morgan fingerprint density at radius 3 is 2.37 bits per heavy atom. The van der Waals surface area contributed by atoms with Gasteiger partial charge in [0.05, 0.1) is 6.61 Å². The molecule has 1 aromatic heterocycles. The number of benzene rings is 1. The van der Waals surface area contributed by atoms with Crippen LogP contribution in [0.2, 0.25) is 0 Å². The van der Waals surface area contributed by atoms with Gasteiger partial charge in [-0.1, -0.05) is 24.3 Å². The van der Waals surface area contributed by atoms with Crippen molar-refractivity contribution in [3.05, 3.63) is 58.3 Å². The second-order valence-corrected chi connectivity index (χ2v) is 5.17. The molecule has 0 aliphatic carbocycles. The van der Waals surface area contributed by atoms with Crippen molar-refractivity contribution in [3.63, 3.8) is 0 Å². The lowest BCUT2D eigenvalue weighted by Crippen LogP contribution is -2.19. The zero-order valence-electron chi connectivity index (χ0n) is 11.3. The predicted molar refractivity (Wildman–Crippen MR) is 76.0 cm³/mol. The van der Waals surface area contributed by atoms with Crippen molar-refractivity contribution in [1.29, 1.82) is 0 Å². The second kappa shape index (κ2) is 4.67. The highest BCUT2D eigenvalue weighted by molar-refractivity contribution is 5.55. The third kappa shape index (κ3) is 2.10. The Morgan fingerprint density at radius 1 is 1.16 bits per heavy atom. The number of aliphatic hydroxyl groups excluding tert-OH is 1. The SMILES string of the molecule is Cc1cc(C)c(CO)c(N2Cc3ccccc3C2)n1. The van der Waals surface area contributed by atoms with E-state index in [-0.39, 0.29) is 6.61 Å². The monoisotopic (exact) mass is 254 g/mol. The summed E-state index contributed by atoms with van der Waals surface area (Å²) in [6.45, 7) is 5.83. The summed E-state index contributed by atoms with van der Waals surface area (Å²) in [7, 11) is 0. The zero-order valence-corrected chi connectivity index (χ0v) is 11.3. The molecule has 0 saturated heterocycles. The molecule has 0 atom stereocenters. The summed E-state index contributed by atoms with van der Waals surface area (Å²) >= 11 is 0. The Balaban J connectivity index is 2.01. The second-order valence-electron chi connectivity index (χ2n) is 5.17. The fourth-order valence-corrected chi connectivity index (χ4v) is 2.78. The van der Waals surface area contributed by atoms with Crippen LogP contribution in [0.15, 0.2) is 30.3 Å². The van der Waals surface area contributed by atoms with Gasteiger partial charge >= 0.3 is 0 Å². The van der Waals surface area contributed by atoms with Gasteiger partial charge in [0.1, 0.15) is 5.82 Å². The fraction of sp³-hybridized carbons (Fsp3) is 0.312. The van der Waals surface area contributed by atoms with Crippen molar-refractivity contribution in [2.24, 2.45) is 0 Å². The lowest BCUT2D eigenvalue weighted by Gasteiger charge is -2.21. The Bertz CT molecular complexity index is 597. The lowest BCUT2D eigenvalue weighted by atomic mass is 10.1. The van der Waals surface area contributed by atoms with Crippen LogP contribution in [0.4, 0.5) is 5.82 Å². The molecule has 2 heterocycles. The first-order chi connectivity index (χ1) is 9.19. The molecule has 0 fully saturated rings. The average molecular weight is 254 g/mol. The lowest BCUT2D eigenvalue weighted by molar-refractivity contribution is 0.280. The van der Waals surface area contributed by atoms with Gasteiger partial charge in [-0.05, 0) is 36.6 Å². The first-order valence-corrected chi connectivity index (χ1v) is 6.58. The topological polar surface area (TPSA) is 36.4 Å². The smallest absolute Gasteiger partial charge is 0.135 e. The summed E-state index contributed by atoms with van der Waals surface area (Å²) in [6, 6.07) is 10.5. The molecule has 3 nitrogen and oxygen atoms in total. The normalized spacial score (nSPS) is 13.7. The summed E-state index contributed by atoms with van der Waals surface area (Å²) < 4.78 is 0. The van der Waals surface area contributed by atoms with Crippen LogP contribution >= 0.6 is 0 Å². The van der Waals surface area contributed by atoms with Gasteiger partial charge in [0, 0.05) is 24.3 Å². The minimum atomic E-state index is 0.0429. The Morgan fingerprint density at radius 2 is 1.79 bits per heavy atom. The minimum absolute atomic E-state index is 0.0429. The highest BCUT2D eigenvalue weighted by Gasteiger charge is 2.22. The maximum Gasteiger partial charge on any atom is 0.135 e. The molecule has 3 heteroatoms. The van der Waals surface area contributed by atoms with E-state index < -0.39 is 0 Å². The van der Waals surface area contributed by atoms with E-state index in [1.165, 1.54) is 11.1 Å². The number of aliphatic hydroxyl groups is 1. The molecule has 1 aliphatic heterocycles. The van der Waals surface area contributed by atoms with Crippen molar-refractivity contribution in [2.75, 3.05) is 4.90 Å². The molecule has 0 unspecified atom stereocenters.